The summed E-state index contributed by atoms with van der Waals surface area (Å²) in [6.07, 6.45) is 3.39. The smallest absolute Gasteiger partial charge is 0.330 e. The zero-order valence-electron chi connectivity index (χ0n) is 10.7. The molecule has 0 saturated heterocycles. The van der Waals surface area contributed by atoms with Gasteiger partial charge < -0.3 is 4.74 Å². The van der Waals surface area contributed by atoms with Crippen molar-refractivity contribution in [3.63, 3.8) is 0 Å². The van der Waals surface area contributed by atoms with Gasteiger partial charge in [0, 0.05) is 6.20 Å². The first-order valence-corrected chi connectivity index (χ1v) is 7.25. The molecule has 0 fully saturated rings. The van der Waals surface area contributed by atoms with Crippen molar-refractivity contribution in [3.8, 4) is 0 Å². The zero-order valence-corrected chi connectivity index (χ0v) is 11.6. The van der Waals surface area contributed by atoms with E-state index in [1.165, 1.54) is 25.4 Å². The van der Waals surface area contributed by atoms with E-state index in [0.29, 0.717) is 6.42 Å². The molecular formula is C13H15NO4S. The average molecular weight is 281 g/mol. The van der Waals surface area contributed by atoms with Gasteiger partial charge in [0.2, 0.25) is 0 Å². The summed E-state index contributed by atoms with van der Waals surface area (Å²) in [5.41, 5.74) is 0.973. The molecule has 19 heavy (non-hydrogen) atoms. The van der Waals surface area contributed by atoms with E-state index in [4.69, 9.17) is 0 Å². The fourth-order valence-electron chi connectivity index (χ4n) is 1.92. The van der Waals surface area contributed by atoms with Crippen LogP contribution in [-0.4, -0.2) is 31.8 Å². The number of rotatable bonds is 3. The second kappa shape index (κ2) is 5.05. The minimum Gasteiger partial charge on any atom is -0.467 e. The molecule has 1 atom stereocenters. The Morgan fingerprint density at radius 1 is 1.32 bits per heavy atom. The molecule has 1 aliphatic heterocycles. The lowest BCUT2D eigenvalue weighted by molar-refractivity contribution is -0.144. The molecule has 0 aliphatic carbocycles. The summed E-state index contributed by atoms with van der Waals surface area (Å²) in [4.78, 5) is 11.8. The number of methoxy groups -OCH3 is 1. The van der Waals surface area contributed by atoms with Crippen LogP contribution in [0.1, 0.15) is 12.0 Å². The van der Waals surface area contributed by atoms with E-state index in [0.717, 1.165) is 9.87 Å². The molecule has 6 heteroatoms. The second-order valence-electron chi connectivity index (χ2n) is 4.31. The lowest BCUT2D eigenvalue weighted by Crippen LogP contribution is -2.39. The van der Waals surface area contributed by atoms with E-state index >= 15 is 0 Å². The minimum absolute atomic E-state index is 0.165. The standard InChI is InChI=1S/C13H15NO4S/c1-10-5-7-11(8-6-10)19(16,17)14-9-3-4-12(14)13(15)18-2/h3,5-9,12H,4H2,1-2H3/t12-/m1/s1. The molecule has 0 amide bonds. The van der Waals surface area contributed by atoms with Gasteiger partial charge in [-0.15, -0.1) is 0 Å². The largest absolute Gasteiger partial charge is 0.467 e. The van der Waals surface area contributed by atoms with Gasteiger partial charge >= 0.3 is 5.97 Å². The Balaban J connectivity index is 2.36. The molecule has 1 aliphatic rings. The number of carbonyl (C=O) groups is 1. The van der Waals surface area contributed by atoms with Gasteiger partial charge in [-0.2, -0.15) is 0 Å². The summed E-state index contributed by atoms with van der Waals surface area (Å²) < 4.78 is 30.6. The molecule has 0 saturated carbocycles. The number of hydrogen-bond acceptors (Lipinski definition) is 4. The van der Waals surface area contributed by atoms with Gasteiger partial charge in [0.25, 0.3) is 10.0 Å². The summed E-state index contributed by atoms with van der Waals surface area (Å²) in [5, 5.41) is 0. The molecule has 1 heterocycles. The molecule has 0 unspecified atom stereocenters. The first-order valence-electron chi connectivity index (χ1n) is 5.81. The molecule has 0 bridgehead atoms. The molecule has 0 spiro atoms. The van der Waals surface area contributed by atoms with Gasteiger partial charge in [-0.3, -0.25) is 4.31 Å². The van der Waals surface area contributed by atoms with E-state index < -0.39 is 22.0 Å². The maximum atomic E-state index is 12.4. The fourth-order valence-corrected chi connectivity index (χ4v) is 3.39. The van der Waals surface area contributed by atoms with Crippen LogP contribution in [0.3, 0.4) is 0 Å². The molecule has 5 nitrogen and oxygen atoms in total. The average Bonchev–Trinajstić information content (AvgIpc) is 2.88. The Hall–Kier alpha value is -1.82. The SMILES string of the molecule is COC(=O)[C@H]1CC=CN1S(=O)(=O)c1ccc(C)cc1. The van der Waals surface area contributed by atoms with Crippen LogP contribution in [0.15, 0.2) is 41.4 Å². The third-order valence-electron chi connectivity index (χ3n) is 2.99. The number of sulfonamides is 1. The highest BCUT2D eigenvalue weighted by Gasteiger charge is 2.36. The summed E-state index contributed by atoms with van der Waals surface area (Å²) in [6, 6.07) is 5.70. The lowest BCUT2D eigenvalue weighted by atomic mass is 10.2. The van der Waals surface area contributed by atoms with Crippen LogP contribution in [0.25, 0.3) is 0 Å². The van der Waals surface area contributed by atoms with Crippen LogP contribution in [0.2, 0.25) is 0 Å². The first-order chi connectivity index (χ1) is 8.96. The molecule has 102 valence electrons. The Morgan fingerprint density at radius 2 is 1.95 bits per heavy atom. The minimum atomic E-state index is -3.71. The Morgan fingerprint density at radius 3 is 2.53 bits per heavy atom. The highest BCUT2D eigenvalue weighted by Crippen LogP contribution is 2.25. The summed E-state index contributed by atoms with van der Waals surface area (Å²) >= 11 is 0. The fraction of sp³-hybridized carbons (Fsp3) is 0.308. The highest BCUT2D eigenvalue weighted by atomic mass is 32.2. The van der Waals surface area contributed by atoms with Crippen molar-refractivity contribution < 1.29 is 17.9 Å². The normalized spacial score (nSPS) is 18.6. The molecule has 0 radical (unpaired) electrons. The van der Waals surface area contributed by atoms with Crippen LogP contribution in [0.4, 0.5) is 0 Å². The molecule has 1 aromatic rings. The van der Waals surface area contributed by atoms with Crippen molar-refractivity contribution in [1.29, 1.82) is 0 Å². The first kappa shape index (κ1) is 13.6. The van der Waals surface area contributed by atoms with Crippen molar-refractivity contribution in [2.45, 2.75) is 24.3 Å². The molecule has 1 aromatic carbocycles. The van der Waals surface area contributed by atoms with E-state index in [1.807, 2.05) is 6.92 Å². The summed E-state index contributed by atoms with van der Waals surface area (Å²) in [7, 11) is -2.47. The molecule has 0 aromatic heterocycles. The predicted octanol–water partition coefficient (Wildman–Crippen LogP) is 1.44. The van der Waals surface area contributed by atoms with Gasteiger partial charge in [0.1, 0.15) is 6.04 Å². The maximum absolute atomic E-state index is 12.4. The van der Waals surface area contributed by atoms with Gasteiger partial charge in [-0.25, -0.2) is 13.2 Å². The molecule has 2 rings (SSSR count). The van der Waals surface area contributed by atoms with Crippen molar-refractivity contribution in [2.24, 2.45) is 0 Å². The molecular weight excluding hydrogens is 266 g/mol. The number of aryl methyl sites for hydroxylation is 1. The van der Waals surface area contributed by atoms with Crippen molar-refractivity contribution in [2.75, 3.05) is 7.11 Å². The van der Waals surface area contributed by atoms with Crippen molar-refractivity contribution in [1.82, 2.24) is 4.31 Å². The Bertz CT molecular complexity index is 604. The summed E-state index contributed by atoms with van der Waals surface area (Å²) in [6.45, 7) is 1.88. The van der Waals surface area contributed by atoms with Crippen LogP contribution >= 0.6 is 0 Å². The van der Waals surface area contributed by atoms with Gasteiger partial charge in [-0.1, -0.05) is 23.8 Å². The number of carbonyl (C=O) groups excluding carboxylic acids is 1. The lowest BCUT2D eigenvalue weighted by Gasteiger charge is -2.23. The number of nitrogens with zero attached hydrogens (tertiary/aromatic N) is 1. The van der Waals surface area contributed by atoms with Crippen LogP contribution in [0.5, 0.6) is 0 Å². The van der Waals surface area contributed by atoms with Crippen LogP contribution < -0.4 is 0 Å². The third-order valence-corrected chi connectivity index (χ3v) is 4.79. The van der Waals surface area contributed by atoms with E-state index in [2.05, 4.69) is 4.74 Å². The predicted molar refractivity (Wildman–Crippen MR) is 69.8 cm³/mol. The van der Waals surface area contributed by atoms with Crippen LogP contribution in [-0.2, 0) is 19.6 Å². The number of esters is 1. The van der Waals surface area contributed by atoms with Gasteiger partial charge in [-0.05, 0) is 25.5 Å². The van der Waals surface area contributed by atoms with E-state index in [-0.39, 0.29) is 4.90 Å². The van der Waals surface area contributed by atoms with Crippen LogP contribution in [0, 0.1) is 6.92 Å². The number of hydrogen-bond donors (Lipinski definition) is 0. The van der Waals surface area contributed by atoms with Crippen molar-refractivity contribution in [3.05, 3.63) is 42.1 Å². The quantitative estimate of drug-likeness (QED) is 0.787. The molecule has 0 N–H and O–H groups in total. The topological polar surface area (TPSA) is 63.7 Å². The maximum Gasteiger partial charge on any atom is 0.330 e. The number of benzene rings is 1. The number of ether oxygens (including phenoxy) is 1. The monoisotopic (exact) mass is 281 g/mol. The zero-order chi connectivity index (χ0) is 14.0. The Kier molecular flexibility index (Phi) is 3.61. The van der Waals surface area contributed by atoms with E-state index in [1.54, 1.807) is 18.2 Å². The summed E-state index contributed by atoms with van der Waals surface area (Å²) in [5.74, 6) is -0.555. The third kappa shape index (κ3) is 2.49. The van der Waals surface area contributed by atoms with Gasteiger partial charge in [0.15, 0.2) is 0 Å². The second-order valence-corrected chi connectivity index (χ2v) is 6.15. The highest BCUT2D eigenvalue weighted by molar-refractivity contribution is 7.89. The Labute approximate surface area is 112 Å². The van der Waals surface area contributed by atoms with E-state index in [9.17, 15) is 13.2 Å². The van der Waals surface area contributed by atoms with Crippen molar-refractivity contribution >= 4 is 16.0 Å². The van der Waals surface area contributed by atoms with Gasteiger partial charge in [0.05, 0.1) is 12.0 Å².